The van der Waals surface area contributed by atoms with Gasteiger partial charge >= 0.3 is 0 Å². The first-order valence-electron chi connectivity index (χ1n) is 6.40. The van der Waals surface area contributed by atoms with Crippen molar-refractivity contribution in [2.45, 2.75) is 32.2 Å². The van der Waals surface area contributed by atoms with Gasteiger partial charge in [0.25, 0.3) is 5.91 Å². The van der Waals surface area contributed by atoms with Crippen LogP contribution in [-0.4, -0.2) is 19.0 Å². The summed E-state index contributed by atoms with van der Waals surface area (Å²) in [6.07, 6.45) is 3.72. The van der Waals surface area contributed by atoms with Crippen molar-refractivity contribution in [3.05, 3.63) is 28.8 Å². The predicted octanol–water partition coefficient (Wildman–Crippen LogP) is 3.30. The van der Waals surface area contributed by atoms with Gasteiger partial charge in [0.15, 0.2) is 0 Å². The highest BCUT2D eigenvalue weighted by atomic mass is 35.5. The van der Waals surface area contributed by atoms with Crippen LogP contribution in [0.25, 0.3) is 0 Å². The lowest BCUT2D eigenvalue weighted by Crippen LogP contribution is -2.40. The van der Waals surface area contributed by atoms with E-state index < -0.39 is 0 Å². The fourth-order valence-electron chi connectivity index (χ4n) is 2.26. The van der Waals surface area contributed by atoms with E-state index in [1.54, 1.807) is 19.2 Å². The highest BCUT2D eigenvalue weighted by Crippen LogP contribution is 2.29. The van der Waals surface area contributed by atoms with Crippen LogP contribution in [-0.2, 0) is 0 Å². The Balaban J connectivity index is 2.09. The maximum Gasteiger partial charge on any atom is 0.253 e. The Morgan fingerprint density at radius 3 is 2.72 bits per heavy atom. The van der Waals surface area contributed by atoms with Gasteiger partial charge < -0.3 is 10.6 Å². The minimum atomic E-state index is -0.0544. The third-order valence-corrected chi connectivity index (χ3v) is 3.95. The Hall–Kier alpha value is -1.22. The van der Waals surface area contributed by atoms with Gasteiger partial charge in [0.1, 0.15) is 0 Å². The second kappa shape index (κ2) is 5.61. The molecule has 2 rings (SSSR count). The van der Waals surface area contributed by atoms with E-state index in [1.807, 2.05) is 6.07 Å². The van der Waals surface area contributed by atoms with Crippen LogP contribution in [0.3, 0.4) is 0 Å². The van der Waals surface area contributed by atoms with E-state index in [0.29, 0.717) is 16.5 Å². The summed E-state index contributed by atoms with van der Waals surface area (Å²) in [5.74, 6) is 0.576. The lowest BCUT2D eigenvalue weighted by atomic mass is 9.80. The van der Waals surface area contributed by atoms with Crippen molar-refractivity contribution in [3.8, 4) is 0 Å². The number of halogens is 1. The molecule has 1 aliphatic carbocycles. The number of hydrogen-bond acceptors (Lipinski definition) is 2. The third kappa shape index (κ3) is 2.78. The zero-order chi connectivity index (χ0) is 13.1. The maximum absolute atomic E-state index is 12.2. The minimum absolute atomic E-state index is 0.0544. The van der Waals surface area contributed by atoms with Crippen LogP contribution in [0.2, 0.25) is 5.02 Å². The van der Waals surface area contributed by atoms with Crippen molar-refractivity contribution >= 4 is 23.2 Å². The number of rotatable bonds is 4. The van der Waals surface area contributed by atoms with E-state index in [2.05, 4.69) is 17.6 Å². The molecule has 1 saturated carbocycles. The maximum atomic E-state index is 12.2. The second-order valence-corrected chi connectivity index (χ2v) is 5.33. The molecular weight excluding hydrogens is 248 g/mol. The molecule has 98 valence electrons. The quantitative estimate of drug-likeness (QED) is 0.878. The van der Waals surface area contributed by atoms with Crippen LogP contribution in [0, 0.1) is 5.92 Å². The highest BCUT2D eigenvalue weighted by Gasteiger charge is 2.25. The predicted molar refractivity (Wildman–Crippen MR) is 75.3 cm³/mol. The van der Waals surface area contributed by atoms with Gasteiger partial charge in [0, 0.05) is 23.8 Å². The molecular formula is C14H19ClN2O. The van der Waals surface area contributed by atoms with E-state index >= 15 is 0 Å². The van der Waals surface area contributed by atoms with Crippen LogP contribution >= 0.6 is 11.6 Å². The first-order valence-corrected chi connectivity index (χ1v) is 6.77. The SMILES string of the molecule is CNc1ccc(Cl)cc1C(=O)NC(C)C1CCC1. The summed E-state index contributed by atoms with van der Waals surface area (Å²) in [4.78, 5) is 12.2. The van der Waals surface area contributed by atoms with Gasteiger partial charge in [-0.1, -0.05) is 18.0 Å². The number of amides is 1. The van der Waals surface area contributed by atoms with Crippen molar-refractivity contribution in [1.82, 2.24) is 5.32 Å². The highest BCUT2D eigenvalue weighted by molar-refractivity contribution is 6.31. The molecule has 0 spiro atoms. The summed E-state index contributed by atoms with van der Waals surface area (Å²) in [7, 11) is 1.80. The third-order valence-electron chi connectivity index (χ3n) is 3.71. The largest absolute Gasteiger partial charge is 0.387 e. The summed E-state index contributed by atoms with van der Waals surface area (Å²) in [6.45, 7) is 2.07. The number of benzene rings is 1. The first kappa shape index (κ1) is 13.2. The second-order valence-electron chi connectivity index (χ2n) is 4.89. The molecule has 1 aromatic carbocycles. The van der Waals surface area contributed by atoms with E-state index in [4.69, 9.17) is 11.6 Å². The molecule has 1 unspecified atom stereocenters. The van der Waals surface area contributed by atoms with Crippen molar-refractivity contribution in [2.24, 2.45) is 5.92 Å². The van der Waals surface area contributed by atoms with Gasteiger partial charge in [-0.15, -0.1) is 0 Å². The van der Waals surface area contributed by atoms with Gasteiger partial charge in [-0.25, -0.2) is 0 Å². The van der Waals surface area contributed by atoms with Gasteiger partial charge in [0.2, 0.25) is 0 Å². The Morgan fingerprint density at radius 1 is 1.44 bits per heavy atom. The van der Waals surface area contributed by atoms with Crippen LogP contribution in [0.5, 0.6) is 0 Å². The molecule has 1 amide bonds. The van der Waals surface area contributed by atoms with E-state index in [9.17, 15) is 4.79 Å². The zero-order valence-corrected chi connectivity index (χ0v) is 11.6. The number of hydrogen-bond donors (Lipinski definition) is 2. The molecule has 4 heteroatoms. The smallest absolute Gasteiger partial charge is 0.253 e. The summed E-state index contributed by atoms with van der Waals surface area (Å²) in [5, 5.41) is 6.66. The van der Waals surface area contributed by atoms with Crippen LogP contribution in [0.1, 0.15) is 36.5 Å². The van der Waals surface area contributed by atoms with Crippen LogP contribution in [0.4, 0.5) is 5.69 Å². The molecule has 0 radical (unpaired) electrons. The fourth-order valence-corrected chi connectivity index (χ4v) is 2.44. The van der Waals surface area contributed by atoms with Crippen molar-refractivity contribution < 1.29 is 4.79 Å². The molecule has 0 heterocycles. The molecule has 1 aliphatic rings. The molecule has 0 saturated heterocycles. The van der Waals surface area contributed by atoms with E-state index in [-0.39, 0.29) is 11.9 Å². The lowest BCUT2D eigenvalue weighted by molar-refractivity contribution is 0.0910. The summed E-state index contributed by atoms with van der Waals surface area (Å²) in [6, 6.07) is 5.54. The van der Waals surface area contributed by atoms with Gasteiger partial charge in [-0.3, -0.25) is 4.79 Å². The molecule has 0 aliphatic heterocycles. The van der Waals surface area contributed by atoms with Gasteiger partial charge in [-0.2, -0.15) is 0 Å². The molecule has 18 heavy (non-hydrogen) atoms. The van der Waals surface area contributed by atoms with Crippen molar-refractivity contribution in [1.29, 1.82) is 0 Å². The average molecular weight is 267 g/mol. The Kier molecular flexibility index (Phi) is 4.12. The van der Waals surface area contributed by atoms with Gasteiger partial charge in [-0.05, 0) is 43.9 Å². The average Bonchev–Trinajstić information content (AvgIpc) is 2.26. The molecule has 1 atom stereocenters. The summed E-state index contributed by atoms with van der Waals surface area (Å²) >= 11 is 5.95. The van der Waals surface area contributed by atoms with E-state index in [0.717, 1.165) is 5.69 Å². The van der Waals surface area contributed by atoms with Crippen molar-refractivity contribution in [2.75, 3.05) is 12.4 Å². The number of carbonyl (C=O) groups excluding carboxylic acids is 1. The molecule has 1 aromatic rings. The van der Waals surface area contributed by atoms with Crippen LogP contribution in [0.15, 0.2) is 18.2 Å². The first-order chi connectivity index (χ1) is 8.61. The number of nitrogens with one attached hydrogen (secondary N) is 2. The zero-order valence-electron chi connectivity index (χ0n) is 10.8. The summed E-state index contributed by atoms with van der Waals surface area (Å²) < 4.78 is 0. The van der Waals surface area contributed by atoms with Crippen molar-refractivity contribution in [3.63, 3.8) is 0 Å². The normalized spacial score (nSPS) is 16.8. The molecule has 3 nitrogen and oxygen atoms in total. The monoisotopic (exact) mass is 266 g/mol. The van der Waals surface area contributed by atoms with Gasteiger partial charge in [0.05, 0.1) is 5.56 Å². The Bertz CT molecular complexity index is 443. The molecule has 0 bridgehead atoms. The number of anilines is 1. The molecule has 0 aromatic heterocycles. The minimum Gasteiger partial charge on any atom is -0.387 e. The van der Waals surface area contributed by atoms with Crippen LogP contribution < -0.4 is 10.6 Å². The Morgan fingerprint density at radius 2 is 2.17 bits per heavy atom. The van der Waals surface area contributed by atoms with E-state index in [1.165, 1.54) is 19.3 Å². The lowest BCUT2D eigenvalue weighted by Gasteiger charge is -2.32. The fraction of sp³-hybridized carbons (Fsp3) is 0.500. The standard InChI is InChI=1S/C14H19ClN2O/c1-9(10-4-3-5-10)17-14(18)12-8-11(15)6-7-13(12)16-2/h6-10,16H,3-5H2,1-2H3,(H,17,18). The Labute approximate surface area is 113 Å². The topological polar surface area (TPSA) is 41.1 Å². The number of carbonyl (C=O) groups is 1. The molecule has 2 N–H and O–H groups in total. The summed E-state index contributed by atoms with van der Waals surface area (Å²) in [5.41, 5.74) is 1.41. The molecule has 1 fully saturated rings.